The molecule has 4 nitrogen and oxygen atoms in total. The van der Waals surface area contributed by atoms with Gasteiger partial charge in [0.15, 0.2) is 0 Å². The number of fused-ring (bicyclic) bond motifs is 1. The zero-order valence-electron chi connectivity index (χ0n) is 9.10. The molecule has 0 atom stereocenters. The largest absolute Gasteiger partial charge is 0.299 e. The lowest BCUT2D eigenvalue weighted by atomic mass is 10.1. The van der Waals surface area contributed by atoms with Crippen LogP contribution in [0.4, 0.5) is 0 Å². The molecule has 3 rings (SSSR count). The van der Waals surface area contributed by atoms with Crippen LogP contribution in [0.25, 0.3) is 11.0 Å². The Hall–Kier alpha value is -0.940. The third-order valence-electron chi connectivity index (χ3n) is 3.18. The summed E-state index contributed by atoms with van der Waals surface area (Å²) >= 11 is 3.50. The lowest BCUT2D eigenvalue weighted by molar-refractivity contribution is 0.107. The van der Waals surface area contributed by atoms with Crippen LogP contribution in [-0.2, 0) is 0 Å². The highest BCUT2D eigenvalue weighted by molar-refractivity contribution is 9.10. The molecule has 5 heteroatoms. The fourth-order valence-electron chi connectivity index (χ4n) is 2.15. The Morgan fingerprint density at radius 1 is 1.44 bits per heavy atom. The fraction of sp³-hybridized carbons (Fsp3) is 0.455. The first-order valence-corrected chi connectivity index (χ1v) is 6.30. The molecule has 84 valence electrons. The zero-order chi connectivity index (χ0) is 11.1. The molecule has 16 heavy (non-hydrogen) atoms. The summed E-state index contributed by atoms with van der Waals surface area (Å²) in [6, 6.07) is 6.59. The number of hydrogen-bond donors (Lipinski definition) is 0. The van der Waals surface area contributed by atoms with E-state index in [-0.39, 0.29) is 0 Å². The molecule has 2 aromatic rings. The summed E-state index contributed by atoms with van der Waals surface area (Å²) in [4.78, 5) is 2.40. The lowest BCUT2D eigenvalue weighted by Gasteiger charge is -2.38. The first-order valence-electron chi connectivity index (χ1n) is 5.51. The average Bonchev–Trinajstić information content (AvgIpc) is 2.62. The summed E-state index contributed by atoms with van der Waals surface area (Å²) in [6.45, 7) is 5.47. The van der Waals surface area contributed by atoms with Gasteiger partial charge in [-0.15, -0.1) is 5.10 Å². The minimum absolute atomic E-state index is 0.485. The van der Waals surface area contributed by atoms with E-state index in [2.05, 4.69) is 44.1 Å². The highest BCUT2D eigenvalue weighted by atomic mass is 79.9. The second-order valence-corrected chi connectivity index (χ2v) is 5.00. The van der Waals surface area contributed by atoms with Crippen molar-refractivity contribution in [1.29, 1.82) is 0 Å². The summed E-state index contributed by atoms with van der Waals surface area (Å²) in [5, 5.41) is 8.48. The van der Waals surface area contributed by atoms with Crippen molar-refractivity contribution < 1.29 is 0 Å². The van der Waals surface area contributed by atoms with Crippen molar-refractivity contribution in [2.75, 3.05) is 19.6 Å². The highest BCUT2D eigenvalue weighted by Crippen LogP contribution is 2.27. The van der Waals surface area contributed by atoms with Crippen LogP contribution in [-0.4, -0.2) is 39.5 Å². The molecule has 0 amide bonds. The van der Waals surface area contributed by atoms with Gasteiger partial charge < -0.3 is 0 Å². The van der Waals surface area contributed by atoms with Crippen LogP contribution < -0.4 is 0 Å². The van der Waals surface area contributed by atoms with Crippen molar-refractivity contribution >= 4 is 27.0 Å². The fourth-order valence-corrected chi connectivity index (χ4v) is 2.59. The van der Waals surface area contributed by atoms with Crippen molar-refractivity contribution in [1.82, 2.24) is 19.9 Å². The minimum atomic E-state index is 0.485. The Balaban J connectivity index is 1.97. The van der Waals surface area contributed by atoms with E-state index in [1.165, 1.54) is 0 Å². The van der Waals surface area contributed by atoms with Crippen LogP contribution in [0.3, 0.4) is 0 Å². The number of halogens is 1. The van der Waals surface area contributed by atoms with Crippen molar-refractivity contribution in [3.05, 3.63) is 22.7 Å². The number of aromatic nitrogens is 3. The minimum Gasteiger partial charge on any atom is -0.299 e. The molecule has 0 saturated carbocycles. The van der Waals surface area contributed by atoms with Crippen LogP contribution >= 0.6 is 15.9 Å². The van der Waals surface area contributed by atoms with Gasteiger partial charge in [-0.25, -0.2) is 4.68 Å². The van der Waals surface area contributed by atoms with Gasteiger partial charge in [-0.1, -0.05) is 18.2 Å². The van der Waals surface area contributed by atoms with Crippen molar-refractivity contribution in [3.8, 4) is 0 Å². The normalized spacial score (nSPS) is 17.9. The first kappa shape index (κ1) is 10.2. The molecular formula is C11H13BrN4. The number of hydrogen-bond acceptors (Lipinski definition) is 3. The van der Waals surface area contributed by atoms with Crippen molar-refractivity contribution in [3.63, 3.8) is 0 Å². The summed E-state index contributed by atoms with van der Waals surface area (Å²) in [6.07, 6.45) is 0. The van der Waals surface area contributed by atoms with Gasteiger partial charge in [-0.2, -0.15) is 0 Å². The Morgan fingerprint density at radius 3 is 3.00 bits per heavy atom. The standard InChI is InChI=1S/C11H13BrN4/c1-2-15-6-8(7-15)16-10-5-3-4-9(12)11(10)13-14-16/h3-5,8H,2,6-7H2,1H3. The van der Waals surface area contributed by atoms with Gasteiger partial charge in [-0.05, 0) is 34.6 Å². The summed E-state index contributed by atoms with van der Waals surface area (Å²) in [5.74, 6) is 0. The molecule has 0 radical (unpaired) electrons. The zero-order valence-corrected chi connectivity index (χ0v) is 10.7. The monoisotopic (exact) mass is 280 g/mol. The smallest absolute Gasteiger partial charge is 0.127 e. The molecule has 0 N–H and O–H groups in total. The number of rotatable bonds is 2. The van der Waals surface area contributed by atoms with Gasteiger partial charge in [-0.3, -0.25) is 4.90 Å². The Labute approximate surface area is 102 Å². The van der Waals surface area contributed by atoms with E-state index in [0.29, 0.717) is 6.04 Å². The van der Waals surface area contributed by atoms with Gasteiger partial charge in [0.1, 0.15) is 5.52 Å². The van der Waals surface area contributed by atoms with Crippen molar-refractivity contribution in [2.24, 2.45) is 0 Å². The molecule has 0 bridgehead atoms. The molecule has 0 spiro atoms. The molecule has 0 aliphatic carbocycles. The Kier molecular flexibility index (Phi) is 2.44. The predicted octanol–water partition coefficient (Wildman–Crippen LogP) is 2.07. The molecule has 1 aliphatic rings. The molecule has 1 fully saturated rings. The van der Waals surface area contributed by atoms with Gasteiger partial charge >= 0.3 is 0 Å². The molecular weight excluding hydrogens is 268 g/mol. The number of nitrogens with zero attached hydrogens (tertiary/aromatic N) is 4. The van der Waals surface area contributed by atoms with E-state index in [0.717, 1.165) is 35.1 Å². The van der Waals surface area contributed by atoms with Gasteiger partial charge in [0.05, 0.1) is 11.6 Å². The van der Waals surface area contributed by atoms with E-state index in [1.807, 2.05) is 16.8 Å². The third kappa shape index (κ3) is 1.46. The third-order valence-corrected chi connectivity index (χ3v) is 3.82. The maximum Gasteiger partial charge on any atom is 0.127 e. The molecule has 2 heterocycles. The van der Waals surface area contributed by atoms with Crippen molar-refractivity contribution in [2.45, 2.75) is 13.0 Å². The number of likely N-dealkylation sites (N-methyl/N-ethyl adjacent to an activating group) is 1. The number of benzene rings is 1. The van der Waals surface area contributed by atoms with Crippen LogP contribution in [0, 0.1) is 0 Å². The van der Waals surface area contributed by atoms with Gasteiger partial charge in [0.25, 0.3) is 0 Å². The van der Waals surface area contributed by atoms with Crippen LogP contribution in [0.1, 0.15) is 13.0 Å². The van der Waals surface area contributed by atoms with Crippen LogP contribution in [0.5, 0.6) is 0 Å². The second kappa shape index (κ2) is 3.82. The maximum absolute atomic E-state index is 4.26. The molecule has 1 aliphatic heterocycles. The topological polar surface area (TPSA) is 34.0 Å². The van der Waals surface area contributed by atoms with E-state index in [1.54, 1.807) is 0 Å². The van der Waals surface area contributed by atoms with Crippen LogP contribution in [0.15, 0.2) is 22.7 Å². The average molecular weight is 281 g/mol. The molecule has 1 aromatic carbocycles. The van der Waals surface area contributed by atoms with Crippen LogP contribution in [0.2, 0.25) is 0 Å². The molecule has 1 aromatic heterocycles. The number of likely N-dealkylation sites (tertiary alicyclic amines) is 1. The van der Waals surface area contributed by atoms with E-state index in [9.17, 15) is 0 Å². The molecule has 0 unspecified atom stereocenters. The quantitative estimate of drug-likeness (QED) is 0.845. The summed E-state index contributed by atoms with van der Waals surface area (Å²) in [5.41, 5.74) is 2.08. The Morgan fingerprint density at radius 2 is 2.25 bits per heavy atom. The maximum atomic E-state index is 4.26. The summed E-state index contributed by atoms with van der Waals surface area (Å²) in [7, 11) is 0. The SMILES string of the molecule is CCN1CC(n2nnc3c(Br)cccc32)C1. The lowest BCUT2D eigenvalue weighted by Crippen LogP contribution is -2.47. The van der Waals surface area contributed by atoms with Gasteiger partial charge in [0.2, 0.25) is 0 Å². The van der Waals surface area contributed by atoms with E-state index in [4.69, 9.17) is 0 Å². The Bertz CT molecular complexity index is 516. The molecule has 1 saturated heterocycles. The van der Waals surface area contributed by atoms with E-state index >= 15 is 0 Å². The summed E-state index contributed by atoms with van der Waals surface area (Å²) < 4.78 is 3.06. The second-order valence-electron chi connectivity index (χ2n) is 4.15. The predicted molar refractivity (Wildman–Crippen MR) is 66.4 cm³/mol. The first-order chi connectivity index (χ1) is 7.79. The van der Waals surface area contributed by atoms with Gasteiger partial charge in [0, 0.05) is 17.6 Å². The van der Waals surface area contributed by atoms with E-state index < -0.39 is 0 Å². The highest BCUT2D eigenvalue weighted by Gasteiger charge is 2.28.